The smallest absolute Gasteiger partial charge is 0.303 e. The predicted octanol–water partition coefficient (Wildman–Crippen LogP) is 2.36. The molecule has 3 atom stereocenters. The summed E-state index contributed by atoms with van der Waals surface area (Å²) in [5.74, 6) is -0.729. The Labute approximate surface area is 138 Å². The molecule has 6 nitrogen and oxygen atoms in total. The quantitative estimate of drug-likeness (QED) is 0.568. The molecule has 0 aromatic heterocycles. The maximum Gasteiger partial charge on any atom is 0.303 e. The average Bonchev–Trinajstić information content (AvgIpc) is 2.56. The van der Waals surface area contributed by atoms with E-state index in [1.165, 1.54) is 0 Å². The molecule has 0 aliphatic heterocycles. The van der Waals surface area contributed by atoms with Gasteiger partial charge in [-0.2, -0.15) is 0 Å². The molecule has 1 rings (SSSR count). The minimum absolute atomic E-state index is 0.0651. The Morgan fingerprint density at radius 1 is 1.04 bits per heavy atom. The summed E-state index contributed by atoms with van der Waals surface area (Å²) in [7, 11) is 3.36. The van der Waals surface area contributed by atoms with Crippen LogP contribution >= 0.6 is 0 Å². The highest BCUT2D eigenvalue weighted by atomic mass is 16.5. The maximum atomic E-state index is 12.3. The second-order valence-electron chi connectivity index (χ2n) is 6.25. The van der Waals surface area contributed by atoms with E-state index in [1.54, 1.807) is 14.2 Å². The number of amides is 1. The average molecular weight is 329 g/mol. The first kappa shape index (κ1) is 19.9. The van der Waals surface area contributed by atoms with E-state index in [-0.39, 0.29) is 30.5 Å². The SMILES string of the molecule is COC1CCC(C(=O)NCCCCCCCC(=O)O)C(OC)C1. The number of methoxy groups -OCH3 is 2. The Morgan fingerprint density at radius 2 is 1.74 bits per heavy atom. The lowest BCUT2D eigenvalue weighted by atomic mass is 9.84. The molecule has 1 fully saturated rings. The molecule has 2 N–H and O–H groups in total. The van der Waals surface area contributed by atoms with Gasteiger partial charge in [-0.15, -0.1) is 0 Å². The molecule has 1 aliphatic carbocycles. The minimum Gasteiger partial charge on any atom is -0.481 e. The van der Waals surface area contributed by atoms with Crippen molar-refractivity contribution in [3.8, 4) is 0 Å². The molecule has 0 aromatic carbocycles. The molecule has 0 radical (unpaired) electrons. The zero-order valence-electron chi connectivity index (χ0n) is 14.4. The Bertz CT molecular complexity index is 361. The van der Waals surface area contributed by atoms with Gasteiger partial charge >= 0.3 is 5.97 Å². The van der Waals surface area contributed by atoms with Crippen molar-refractivity contribution in [3.63, 3.8) is 0 Å². The highest BCUT2D eigenvalue weighted by Gasteiger charge is 2.35. The van der Waals surface area contributed by atoms with Crippen molar-refractivity contribution < 1.29 is 24.2 Å². The van der Waals surface area contributed by atoms with E-state index < -0.39 is 5.97 Å². The fourth-order valence-electron chi connectivity index (χ4n) is 3.14. The number of hydrogen-bond acceptors (Lipinski definition) is 4. The maximum absolute atomic E-state index is 12.3. The lowest BCUT2D eigenvalue weighted by molar-refractivity contribution is -0.137. The number of ether oxygens (including phenoxy) is 2. The van der Waals surface area contributed by atoms with Crippen molar-refractivity contribution in [1.29, 1.82) is 0 Å². The van der Waals surface area contributed by atoms with E-state index in [0.717, 1.165) is 51.4 Å². The van der Waals surface area contributed by atoms with Gasteiger partial charge in [-0.3, -0.25) is 9.59 Å². The number of nitrogens with one attached hydrogen (secondary N) is 1. The molecule has 6 heteroatoms. The Morgan fingerprint density at radius 3 is 2.39 bits per heavy atom. The summed E-state index contributed by atoms with van der Waals surface area (Å²) >= 11 is 0. The number of carbonyl (C=O) groups excluding carboxylic acids is 1. The summed E-state index contributed by atoms with van der Waals surface area (Å²) in [6.45, 7) is 0.679. The minimum atomic E-state index is -0.729. The first-order chi connectivity index (χ1) is 11.1. The van der Waals surface area contributed by atoms with Crippen molar-refractivity contribution in [3.05, 3.63) is 0 Å². The van der Waals surface area contributed by atoms with Gasteiger partial charge < -0.3 is 19.9 Å². The summed E-state index contributed by atoms with van der Waals surface area (Å²) < 4.78 is 10.8. The third-order valence-corrected chi connectivity index (χ3v) is 4.58. The number of carboxylic acids is 1. The van der Waals surface area contributed by atoms with E-state index in [9.17, 15) is 9.59 Å². The van der Waals surface area contributed by atoms with Crippen molar-refractivity contribution in [2.45, 2.75) is 70.0 Å². The second kappa shape index (κ2) is 11.4. The molecule has 0 aromatic rings. The van der Waals surface area contributed by atoms with Gasteiger partial charge in [0.15, 0.2) is 0 Å². The monoisotopic (exact) mass is 329 g/mol. The van der Waals surface area contributed by atoms with Crippen LogP contribution in [-0.2, 0) is 19.1 Å². The van der Waals surface area contributed by atoms with Crippen molar-refractivity contribution >= 4 is 11.9 Å². The topological polar surface area (TPSA) is 84.9 Å². The van der Waals surface area contributed by atoms with Gasteiger partial charge in [0.2, 0.25) is 5.91 Å². The Balaban J connectivity index is 2.12. The van der Waals surface area contributed by atoms with Crippen LogP contribution in [0.15, 0.2) is 0 Å². The van der Waals surface area contributed by atoms with Crippen molar-refractivity contribution in [1.82, 2.24) is 5.32 Å². The first-order valence-electron chi connectivity index (χ1n) is 8.63. The summed E-state index contributed by atoms with van der Waals surface area (Å²) in [5, 5.41) is 11.6. The molecule has 0 saturated heterocycles. The van der Waals surface area contributed by atoms with Gasteiger partial charge in [0.05, 0.1) is 18.1 Å². The van der Waals surface area contributed by atoms with Gasteiger partial charge in [0.1, 0.15) is 0 Å². The molecule has 134 valence electrons. The van der Waals surface area contributed by atoms with E-state index in [1.807, 2.05) is 0 Å². The van der Waals surface area contributed by atoms with Gasteiger partial charge in [-0.1, -0.05) is 19.3 Å². The normalized spacial score (nSPS) is 24.3. The van der Waals surface area contributed by atoms with Gasteiger partial charge in [-0.05, 0) is 25.7 Å². The molecule has 23 heavy (non-hydrogen) atoms. The highest BCUT2D eigenvalue weighted by molar-refractivity contribution is 5.79. The highest BCUT2D eigenvalue weighted by Crippen LogP contribution is 2.28. The van der Waals surface area contributed by atoms with Gasteiger partial charge in [0.25, 0.3) is 0 Å². The van der Waals surface area contributed by atoms with Crippen LogP contribution in [0.3, 0.4) is 0 Å². The number of rotatable bonds is 11. The summed E-state index contributed by atoms with van der Waals surface area (Å²) in [4.78, 5) is 22.7. The standard InChI is InChI=1S/C17H31NO5/c1-22-13-9-10-14(15(12-13)23-2)17(21)18-11-7-5-3-4-6-8-16(19)20/h13-15H,3-12H2,1-2H3,(H,18,21)(H,19,20). The van der Waals surface area contributed by atoms with Crippen LogP contribution in [-0.4, -0.2) is 50.0 Å². The number of carbonyl (C=O) groups is 2. The van der Waals surface area contributed by atoms with Gasteiger partial charge in [-0.25, -0.2) is 0 Å². The van der Waals surface area contributed by atoms with Crippen molar-refractivity contribution in [2.24, 2.45) is 5.92 Å². The van der Waals surface area contributed by atoms with Crippen LogP contribution in [0.2, 0.25) is 0 Å². The van der Waals surface area contributed by atoms with E-state index in [4.69, 9.17) is 14.6 Å². The number of unbranched alkanes of at least 4 members (excludes halogenated alkanes) is 4. The van der Waals surface area contributed by atoms with E-state index in [0.29, 0.717) is 6.54 Å². The van der Waals surface area contributed by atoms with Crippen LogP contribution < -0.4 is 5.32 Å². The van der Waals surface area contributed by atoms with Crippen molar-refractivity contribution in [2.75, 3.05) is 20.8 Å². The molecule has 0 spiro atoms. The molecular weight excluding hydrogens is 298 g/mol. The lowest BCUT2D eigenvalue weighted by Gasteiger charge is -2.33. The lowest BCUT2D eigenvalue weighted by Crippen LogP contribution is -2.43. The molecule has 1 saturated carbocycles. The molecule has 0 bridgehead atoms. The zero-order valence-corrected chi connectivity index (χ0v) is 14.4. The molecule has 3 unspecified atom stereocenters. The number of hydrogen-bond donors (Lipinski definition) is 2. The molecule has 0 heterocycles. The largest absolute Gasteiger partial charge is 0.481 e. The number of aliphatic carboxylic acids is 1. The fraction of sp³-hybridized carbons (Fsp3) is 0.882. The van der Waals surface area contributed by atoms with Crippen LogP contribution in [0.1, 0.15) is 57.8 Å². The second-order valence-corrected chi connectivity index (χ2v) is 6.25. The summed E-state index contributed by atoms with van der Waals surface area (Å²) in [6, 6.07) is 0. The van der Waals surface area contributed by atoms with Crippen LogP contribution in [0.25, 0.3) is 0 Å². The fourth-order valence-corrected chi connectivity index (χ4v) is 3.14. The summed E-state index contributed by atoms with van der Waals surface area (Å²) in [6.07, 6.45) is 7.49. The number of carboxylic acid groups (broad SMARTS) is 1. The molecule has 1 amide bonds. The molecular formula is C17H31NO5. The predicted molar refractivity (Wildman–Crippen MR) is 87.3 cm³/mol. The zero-order chi connectivity index (χ0) is 17.1. The first-order valence-corrected chi connectivity index (χ1v) is 8.63. The summed E-state index contributed by atoms with van der Waals surface area (Å²) in [5.41, 5.74) is 0. The Kier molecular flexibility index (Phi) is 9.87. The third kappa shape index (κ3) is 7.79. The van der Waals surface area contributed by atoms with E-state index in [2.05, 4.69) is 5.32 Å². The molecule has 1 aliphatic rings. The van der Waals surface area contributed by atoms with Gasteiger partial charge in [0, 0.05) is 33.6 Å². The van der Waals surface area contributed by atoms with E-state index >= 15 is 0 Å². The van der Waals surface area contributed by atoms with Crippen LogP contribution in [0.4, 0.5) is 0 Å². The third-order valence-electron chi connectivity index (χ3n) is 4.58. The van der Waals surface area contributed by atoms with Crippen LogP contribution in [0, 0.1) is 5.92 Å². The Hall–Kier alpha value is -1.14. The van der Waals surface area contributed by atoms with Crippen LogP contribution in [0.5, 0.6) is 0 Å².